The maximum Gasteiger partial charge on any atom is 0.250 e. The van der Waals surface area contributed by atoms with E-state index < -0.39 is 17.7 Å². The van der Waals surface area contributed by atoms with Crippen molar-refractivity contribution in [3.05, 3.63) is 34.7 Å². The number of nitrogens with zero attached hydrogens (tertiary/aromatic N) is 2. The maximum atomic E-state index is 13.6. The molecule has 2 rings (SSSR count). The summed E-state index contributed by atoms with van der Waals surface area (Å²) in [5, 5.41) is 7.03. The minimum absolute atomic E-state index is 0.123. The predicted octanol–water partition coefficient (Wildman–Crippen LogP) is 3.08. The lowest BCUT2D eigenvalue weighted by Gasteiger charge is -2.02. The van der Waals surface area contributed by atoms with E-state index in [0.29, 0.717) is 6.42 Å². The minimum Gasteiger partial charge on any atom is -0.419 e. The Labute approximate surface area is 107 Å². The van der Waals surface area contributed by atoms with E-state index in [1.165, 1.54) is 0 Å². The van der Waals surface area contributed by atoms with Crippen molar-refractivity contribution in [3.8, 4) is 11.5 Å². The van der Waals surface area contributed by atoms with Crippen LogP contribution >= 0.6 is 11.6 Å². The number of benzene rings is 1. The van der Waals surface area contributed by atoms with Gasteiger partial charge in [0.2, 0.25) is 5.89 Å². The van der Waals surface area contributed by atoms with Crippen LogP contribution in [0.5, 0.6) is 0 Å². The minimum atomic E-state index is -0.757. The molecule has 18 heavy (non-hydrogen) atoms. The van der Waals surface area contributed by atoms with E-state index in [4.69, 9.17) is 21.8 Å². The molecule has 1 unspecified atom stereocenters. The normalized spacial score (nSPS) is 12.7. The van der Waals surface area contributed by atoms with Gasteiger partial charge in [-0.1, -0.05) is 18.5 Å². The Morgan fingerprint density at radius 2 is 2.06 bits per heavy atom. The van der Waals surface area contributed by atoms with Gasteiger partial charge in [-0.05, 0) is 18.6 Å². The van der Waals surface area contributed by atoms with E-state index in [0.717, 1.165) is 12.1 Å². The molecule has 1 atom stereocenters. The van der Waals surface area contributed by atoms with Crippen LogP contribution in [0.3, 0.4) is 0 Å². The quantitative estimate of drug-likeness (QED) is 0.873. The fraction of sp³-hybridized carbons (Fsp3) is 0.273. The van der Waals surface area contributed by atoms with Gasteiger partial charge in [-0.25, -0.2) is 8.78 Å². The van der Waals surface area contributed by atoms with Crippen molar-refractivity contribution < 1.29 is 13.2 Å². The Kier molecular flexibility index (Phi) is 3.58. The van der Waals surface area contributed by atoms with Crippen LogP contribution in [0.2, 0.25) is 5.02 Å². The van der Waals surface area contributed by atoms with Gasteiger partial charge >= 0.3 is 0 Å². The van der Waals surface area contributed by atoms with E-state index in [1.54, 1.807) is 0 Å². The molecule has 2 N–H and O–H groups in total. The number of nitrogens with two attached hydrogens (primary N) is 1. The second-order valence-electron chi connectivity index (χ2n) is 3.71. The van der Waals surface area contributed by atoms with Crippen LogP contribution in [0.1, 0.15) is 25.3 Å². The standard InChI is InChI=1S/C11H10ClF2N3O/c1-2-9(15)11-17-16-10(18-11)5-3-8(14)6(12)4-7(5)13/h3-4,9H,2,15H2,1H3. The average Bonchev–Trinajstić information content (AvgIpc) is 2.82. The van der Waals surface area contributed by atoms with Crippen LogP contribution in [-0.4, -0.2) is 10.2 Å². The largest absolute Gasteiger partial charge is 0.419 e. The van der Waals surface area contributed by atoms with Crippen molar-refractivity contribution >= 4 is 11.6 Å². The van der Waals surface area contributed by atoms with Crippen molar-refractivity contribution in [2.24, 2.45) is 5.73 Å². The third kappa shape index (κ3) is 2.34. The zero-order valence-electron chi connectivity index (χ0n) is 9.45. The van der Waals surface area contributed by atoms with Gasteiger partial charge in [-0.3, -0.25) is 0 Å². The molecule has 0 bridgehead atoms. The lowest BCUT2D eigenvalue weighted by molar-refractivity contribution is 0.450. The molecule has 0 aliphatic carbocycles. The summed E-state index contributed by atoms with van der Waals surface area (Å²) < 4.78 is 32.1. The summed E-state index contributed by atoms with van der Waals surface area (Å²) in [7, 11) is 0. The third-order valence-corrected chi connectivity index (χ3v) is 2.73. The van der Waals surface area contributed by atoms with Crippen molar-refractivity contribution in [2.75, 3.05) is 0 Å². The van der Waals surface area contributed by atoms with Crippen molar-refractivity contribution in [2.45, 2.75) is 19.4 Å². The molecule has 4 nitrogen and oxygen atoms in total. The summed E-state index contributed by atoms with van der Waals surface area (Å²) in [5.41, 5.74) is 5.55. The second-order valence-corrected chi connectivity index (χ2v) is 4.11. The van der Waals surface area contributed by atoms with E-state index in [-0.39, 0.29) is 22.4 Å². The molecular formula is C11H10ClF2N3O. The predicted molar refractivity (Wildman–Crippen MR) is 61.9 cm³/mol. The lowest BCUT2D eigenvalue weighted by Crippen LogP contribution is -2.08. The van der Waals surface area contributed by atoms with E-state index in [2.05, 4.69) is 10.2 Å². The van der Waals surface area contributed by atoms with Gasteiger partial charge < -0.3 is 10.2 Å². The van der Waals surface area contributed by atoms with Crippen LogP contribution in [0.25, 0.3) is 11.5 Å². The molecule has 2 aromatic rings. The first-order valence-corrected chi connectivity index (χ1v) is 5.64. The molecular weight excluding hydrogens is 264 g/mol. The first-order chi connectivity index (χ1) is 8.52. The van der Waals surface area contributed by atoms with Crippen molar-refractivity contribution in [3.63, 3.8) is 0 Å². The summed E-state index contributed by atoms with van der Waals surface area (Å²) in [6.45, 7) is 1.84. The molecule has 1 aromatic carbocycles. The Morgan fingerprint density at radius 3 is 2.72 bits per heavy atom. The monoisotopic (exact) mass is 273 g/mol. The van der Waals surface area contributed by atoms with Gasteiger partial charge in [-0.15, -0.1) is 10.2 Å². The Balaban J connectivity index is 2.43. The van der Waals surface area contributed by atoms with Gasteiger partial charge in [0.05, 0.1) is 16.6 Å². The highest BCUT2D eigenvalue weighted by molar-refractivity contribution is 6.30. The molecule has 7 heteroatoms. The SMILES string of the molecule is CCC(N)c1nnc(-c2cc(F)c(Cl)cc2F)o1. The first kappa shape index (κ1) is 12.9. The molecule has 0 saturated carbocycles. The third-order valence-electron chi connectivity index (χ3n) is 2.44. The number of hydrogen-bond acceptors (Lipinski definition) is 4. The summed E-state index contributed by atoms with van der Waals surface area (Å²) in [5.74, 6) is -1.43. The zero-order valence-corrected chi connectivity index (χ0v) is 10.2. The smallest absolute Gasteiger partial charge is 0.250 e. The van der Waals surface area contributed by atoms with Gasteiger partial charge in [0.15, 0.2) is 0 Å². The molecule has 0 spiro atoms. The first-order valence-electron chi connectivity index (χ1n) is 5.26. The van der Waals surface area contributed by atoms with Gasteiger partial charge in [-0.2, -0.15) is 0 Å². The molecule has 0 amide bonds. The highest BCUT2D eigenvalue weighted by Gasteiger charge is 2.18. The molecule has 0 aliphatic heterocycles. The van der Waals surface area contributed by atoms with Crippen LogP contribution in [0.4, 0.5) is 8.78 Å². The zero-order chi connectivity index (χ0) is 13.3. The Bertz CT molecular complexity index is 573. The van der Waals surface area contributed by atoms with Crippen LogP contribution in [0, 0.1) is 11.6 Å². The molecule has 0 saturated heterocycles. The van der Waals surface area contributed by atoms with Crippen LogP contribution in [0.15, 0.2) is 16.5 Å². The number of aromatic nitrogens is 2. The second kappa shape index (κ2) is 4.99. The van der Waals surface area contributed by atoms with E-state index >= 15 is 0 Å². The molecule has 0 fully saturated rings. The van der Waals surface area contributed by atoms with Gasteiger partial charge in [0.1, 0.15) is 11.6 Å². The summed E-state index contributed by atoms with van der Waals surface area (Å²) >= 11 is 5.45. The lowest BCUT2D eigenvalue weighted by atomic mass is 10.2. The topological polar surface area (TPSA) is 64.9 Å². The molecule has 0 aliphatic rings. The Morgan fingerprint density at radius 1 is 1.33 bits per heavy atom. The Hall–Kier alpha value is -1.53. The molecule has 96 valence electrons. The van der Waals surface area contributed by atoms with Gasteiger partial charge in [0.25, 0.3) is 5.89 Å². The summed E-state index contributed by atoms with van der Waals surface area (Å²) in [6.07, 6.45) is 0.596. The average molecular weight is 274 g/mol. The summed E-state index contributed by atoms with van der Waals surface area (Å²) in [4.78, 5) is 0. The maximum absolute atomic E-state index is 13.6. The van der Waals surface area contributed by atoms with Crippen molar-refractivity contribution in [1.29, 1.82) is 0 Å². The number of halogens is 3. The van der Waals surface area contributed by atoms with Gasteiger partial charge in [0, 0.05) is 0 Å². The molecule has 0 radical (unpaired) electrons. The highest BCUT2D eigenvalue weighted by atomic mass is 35.5. The molecule has 1 aromatic heterocycles. The van der Waals surface area contributed by atoms with E-state index in [1.807, 2.05) is 6.92 Å². The van der Waals surface area contributed by atoms with Crippen LogP contribution in [-0.2, 0) is 0 Å². The fourth-order valence-corrected chi connectivity index (χ4v) is 1.50. The van der Waals surface area contributed by atoms with E-state index in [9.17, 15) is 8.78 Å². The number of hydrogen-bond donors (Lipinski definition) is 1. The number of rotatable bonds is 3. The molecule has 1 heterocycles. The summed E-state index contributed by atoms with van der Waals surface area (Å²) in [6, 6.07) is 1.34. The van der Waals surface area contributed by atoms with Crippen molar-refractivity contribution in [1.82, 2.24) is 10.2 Å². The van der Waals surface area contributed by atoms with Crippen LogP contribution < -0.4 is 5.73 Å². The fourth-order valence-electron chi connectivity index (χ4n) is 1.35. The highest BCUT2D eigenvalue weighted by Crippen LogP contribution is 2.27.